The fourth-order valence-electron chi connectivity index (χ4n) is 1.62. The molecule has 0 heterocycles. The fourth-order valence-corrected chi connectivity index (χ4v) is 4.07. The second-order valence-corrected chi connectivity index (χ2v) is 7.39. The van der Waals surface area contributed by atoms with E-state index in [0.29, 0.717) is 8.95 Å². The first kappa shape index (κ1) is 20.4. The monoisotopic (exact) mass is 574 g/mol. The molecule has 1 atom stereocenters. The van der Waals surface area contributed by atoms with Gasteiger partial charge in [-0.3, -0.25) is 0 Å². The van der Waals surface area contributed by atoms with Gasteiger partial charge in [0.15, 0.2) is 6.10 Å². The number of aliphatic hydroxyl groups excluding tert-OH is 1. The van der Waals surface area contributed by atoms with Crippen molar-refractivity contribution in [2.45, 2.75) is 12.5 Å². The molecule has 1 unspecified atom stereocenters. The predicted octanol–water partition coefficient (Wildman–Crippen LogP) is 5.61. The topological polar surface area (TPSA) is 83.8 Å². The van der Waals surface area contributed by atoms with Crippen molar-refractivity contribution in [3.05, 3.63) is 54.0 Å². The molecule has 0 saturated carbocycles. The van der Waals surface area contributed by atoms with Crippen molar-refractivity contribution in [3.8, 4) is 0 Å². The summed E-state index contributed by atoms with van der Waals surface area (Å²) in [5, 5.41) is 18.9. The van der Waals surface area contributed by atoms with Gasteiger partial charge in [0.05, 0.1) is 11.1 Å². The lowest BCUT2D eigenvalue weighted by atomic mass is 10.1. The van der Waals surface area contributed by atoms with E-state index in [1.165, 1.54) is 6.08 Å². The first-order valence-electron chi connectivity index (χ1n) is 5.92. The van der Waals surface area contributed by atoms with E-state index in [1.807, 2.05) is 0 Å². The maximum atomic E-state index is 12.4. The molecule has 1 aromatic carbocycles. The third-order valence-corrected chi connectivity index (χ3v) is 7.46. The van der Waals surface area contributed by atoms with Gasteiger partial charge in [-0.05, 0) is 63.7 Å². The van der Waals surface area contributed by atoms with E-state index in [0.717, 1.165) is 0 Å². The summed E-state index contributed by atoms with van der Waals surface area (Å²) >= 11 is 12.8. The van der Waals surface area contributed by atoms with Crippen LogP contribution in [-0.2, 0) is 4.74 Å². The molecule has 0 radical (unpaired) electrons. The summed E-state index contributed by atoms with van der Waals surface area (Å²) in [5.74, 6) is -2.60. The Morgan fingerprint density at radius 3 is 1.91 bits per heavy atom. The zero-order valence-electron chi connectivity index (χ0n) is 11.4. The molecule has 0 aliphatic rings. The van der Waals surface area contributed by atoms with E-state index in [2.05, 4.69) is 76.9 Å². The number of ether oxygens (including phenoxy) is 1. The minimum Gasteiger partial charge on any atom is -0.509 e. The number of rotatable bonds is 6. The number of aromatic carboxylic acids is 1. The lowest BCUT2D eigenvalue weighted by Crippen LogP contribution is -2.22. The highest BCUT2D eigenvalue weighted by Gasteiger charge is 2.30. The van der Waals surface area contributed by atoms with E-state index in [1.54, 1.807) is 0 Å². The Kier molecular flexibility index (Phi) is 7.50. The number of carbonyl (C=O) groups is 2. The van der Waals surface area contributed by atoms with Crippen molar-refractivity contribution in [2.24, 2.45) is 0 Å². The van der Waals surface area contributed by atoms with Gasteiger partial charge in [0, 0.05) is 24.3 Å². The molecule has 9 heteroatoms. The molecular formula is C14H10Br4O5. The SMILES string of the molecule is C=CCC(OC(=O)c1c(Br)c(Br)c(Br)c(Br)c1C(=O)O)C(=C)O. The van der Waals surface area contributed by atoms with Crippen LogP contribution in [0.5, 0.6) is 0 Å². The highest BCUT2D eigenvalue weighted by Crippen LogP contribution is 2.42. The molecule has 0 amide bonds. The maximum absolute atomic E-state index is 12.4. The van der Waals surface area contributed by atoms with Crippen LogP contribution in [0.3, 0.4) is 0 Å². The van der Waals surface area contributed by atoms with Gasteiger partial charge in [0.25, 0.3) is 0 Å². The van der Waals surface area contributed by atoms with Gasteiger partial charge in [-0.1, -0.05) is 12.7 Å². The second-order valence-electron chi connectivity index (χ2n) is 4.22. The average Bonchev–Trinajstić information content (AvgIpc) is 2.47. The molecule has 0 aromatic heterocycles. The Labute approximate surface area is 165 Å². The van der Waals surface area contributed by atoms with Crippen LogP contribution >= 0.6 is 63.7 Å². The van der Waals surface area contributed by atoms with Crippen molar-refractivity contribution < 1.29 is 24.5 Å². The molecule has 1 aromatic rings. The quantitative estimate of drug-likeness (QED) is 0.151. The summed E-state index contributed by atoms with van der Waals surface area (Å²) in [5.41, 5.74) is -0.479. The van der Waals surface area contributed by atoms with Crippen LogP contribution in [-0.4, -0.2) is 28.3 Å². The Bertz CT molecular complexity index is 699. The van der Waals surface area contributed by atoms with Crippen LogP contribution in [0.25, 0.3) is 0 Å². The Balaban J connectivity index is 3.47. The van der Waals surface area contributed by atoms with Crippen molar-refractivity contribution >= 4 is 75.7 Å². The molecular weight excluding hydrogens is 568 g/mol. The summed E-state index contributed by atoms with van der Waals surface area (Å²) < 4.78 is 6.39. The van der Waals surface area contributed by atoms with Crippen LogP contribution in [0.1, 0.15) is 27.1 Å². The lowest BCUT2D eigenvalue weighted by Gasteiger charge is -2.18. The number of carbonyl (C=O) groups excluding carboxylic acids is 1. The van der Waals surface area contributed by atoms with Gasteiger partial charge >= 0.3 is 11.9 Å². The van der Waals surface area contributed by atoms with Gasteiger partial charge in [0.1, 0.15) is 5.76 Å². The van der Waals surface area contributed by atoms with Crippen molar-refractivity contribution in [2.75, 3.05) is 0 Å². The van der Waals surface area contributed by atoms with Crippen molar-refractivity contribution in [1.29, 1.82) is 0 Å². The van der Waals surface area contributed by atoms with Gasteiger partial charge in [-0.2, -0.15) is 0 Å². The van der Waals surface area contributed by atoms with Crippen molar-refractivity contribution in [3.63, 3.8) is 0 Å². The molecule has 5 nitrogen and oxygen atoms in total. The van der Waals surface area contributed by atoms with Gasteiger partial charge in [0.2, 0.25) is 0 Å². The minimum atomic E-state index is -1.32. The van der Waals surface area contributed by atoms with Crippen LogP contribution in [0.15, 0.2) is 42.9 Å². The molecule has 1 rings (SSSR count). The number of hydrogen-bond donors (Lipinski definition) is 2. The van der Waals surface area contributed by atoms with E-state index in [9.17, 15) is 19.8 Å². The number of hydrogen-bond acceptors (Lipinski definition) is 4. The summed E-state index contributed by atoms with van der Waals surface area (Å²) in [6.07, 6.45) is 0.564. The van der Waals surface area contributed by atoms with Gasteiger partial charge < -0.3 is 14.9 Å². The molecule has 0 spiro atoms. The number of aliphatic hydroxyl groups is 1. The fraction of sp³-hybridized carbons (Fsp3) is 0.143. The number of carboxylic acid groups (broad SMARTS) is 1. The minimum absolute atomic E-state index is 0.139. The van der Waals surface area contributed by atoms with Crippen LogP contribution in [0.2, 0.25) is 0 Å². The van der Waals surface area contributed by atoms with E-state index in [-0.39, 0.29) is 32.3 Å². The van der Waals surface area contributed by atoms with E-state index < -0.39 is 18.0 Å². The summed E-state index contributed by atoms with van der Waals surface area (Å²) in [4.78, 5) is 24.0. The van der Waals surface area contributed by atoms with Crippen LogP contribution in [0, 0.1) is 0 Å². The summed E-state index contributed by atoms with van der Waals surface area (Å²) in [6.45, 7) is 6.82. The zero-order valence-corrected chi connectivity index (χ0v) is 17.8. The number of esters is 1. The molecule has 0 fully saturated rings. The summed E-state index contributed by atoms with van der Waals surface area (Å²) in [7, 11) is 0. The third-order valence-electron chi connectivity index (χ3n) is 2.69. The summed E-state index contributed by atoms with van der Waals surface area (Å²) in [6, 6.07) is 0. The van der Waals surface area contributed by atoms with Gasteiger partial charge in [-0.25, -0.2) is 9.59 Å². The molecule has 0 saturated heterocycles. The molecule has 0 bridgehead atoms. The zero-order chi connectivity index (χ0) is 17.9. The highest BCUT2D eigenvalue weighted by molar-refractivity contribution is 9.15. The number of carboxylic acids is 1. The van der Waals surface area contributed by atoms with Crippen LogP contribution < -0.4 is 0 Å². The maximum Gasteiger partial charge on any atom is 0.340 e. The number of halogens is 4. The third kappa shape index (κ3) is 4.46. The first-order chi connectivity index (χ1) is 10.6. The largest absolute Gasteiger partial charge is 0.509 e. The lowest BCUT2D eigenvalue weighted by molar-refractivity contribution is 0.0293. The Morgan fingerprint density at radius 2 is 1.52 bits per heavy atom. The van der Waals surface area contributed by atoms with E-state index >= 15 is 0 Å². The average molecular weight is 578 g/mol. The van der Waals surface area contributed by atoms with Crippen molar-refractivity contribution in [1.82, 2.24) is 0 Å². The Morgan fingerprint density at radius 1 is 1.04 bits per heavy atom. The molecule has 124 valence electrons. The smallest absolute Gasteiger partial charge is 0.340 e. The van der Waals surface area contributed by atoms with E-state index in [4.69, 9.17) is 4.74 Å². The molecule has 23 heavy (non-hydrogen) atoms. The number of benzene rings is 1. The molecule has 2 N–H and O–H groups in total. The second kappa shape index (κ2) is 8.46. The molecule has 0 aliphatic carbocycles. The van der Waals surface area contributed by atoms with Gasteiger partial charge in [-0.15, -0.1) is 6.58 Å². The highest BCUT2D eigenvalue weighted by atomic mass is 79.9. The first-order valence-corrected chi connectivity index (χ1v) is 9.09. The Hall–Kier alpha value is -0.640. The molecule has 0 aliphatic heterocycles. The predicted molar refractivity (Wildman–Crippen MR) is 100.0 cm³/mol. The standard InChI is InChI=1S/C14H10Br4O5/c1-3-4-6(5(2)19)23-14(22)8-7(13(20)21)9(15)11(17)12(18)10(8)16/h3,6,19H,1-2,4H2,(H,20,21). The van der Waals surface area contributed by atoms with Crippen LogP contribution in [0.4, 0.5) is 0 Å². The normalized spacial score (nSPS) is 11.7.